The number of nitrogens with zero attached hydrogens (tertiary/aromatic N) is 2. The molecule has 0 unspecified atom stereocenters. The van der Waals surface area contributed by atoms with Gasteiger partial charge < -0.3 is 4.57 Å². The summed E-state index contributed by atoms with van der Waals surface area (Å²) in [5.74, 6) is -0.174. The molecule has 0 atom stereocenters. The van der Waals surface area contributed by atoms with E-state index in [1.165, 1.54) is 11.0 Å². The first-order valence-electron chi connectivity index (χ1n) is 7.91. The first kappa shape index (κ1) is 15.9. The third-order valence-electron chi connectivity index (χ3n) is 4.37. The highest BCUT2D eigenvalue weighted by Crippen LogP contribution is 2.26. The molecule has 1 saturated heterocycles. The second kappa shape index (κ2) is 6.37. The summed E-state index contributed by atoms with van der Waals surface area (Å²) in [6, 6.07) is 14.4. The molecule has 126 valence electrons. The van der Waals surface area contributed by atoms with Crippen LogP contribution in [0.4, 0.5) is 9.18 Å². The molecule has 0 aliphatic carbocycles. The third-order valence-corrected chi connectivity index (χ3v) is 5.23. The highest BCUT2D eigenvalue weighted by atomic mass is 32.2. The van der Waals surface area contributed by atoms with Crippen LogP contribution in [0.15, 0.2) is 54.7 Å². The fourth-order valence-electron chi connectivity index (χ4n) is 3.08. The highest BCUT2D eigenvalue weighted by Gasteiger charge is 2.30. The van der Waals surface area contributed by atoms with E-state index >= 15 is 0 Å². The molecular weight excluding hydrogens is 339 g/mol. The standard InChI is InChI=1S/C19H15FN2O2S/c20-16-6-2-1-4-14(16)10-21-9-8-15-13(5-3-7-17(15)21)11-22-18(23)12-25-19(22)24/h1-9H,10-12H2. The van der Waals surface area contributed by atoms with Crippen molar-refractivity contribution in [1.82, 2.24) is 9.47 Å². The van der Waals surface area contributed by atoms with Crippen LogP contribution < -0.4 is 0 Å². The van der Waals surface area contributed by atoms with E-state index in [1.54, 1.807) is 12.1 Å². The first-order chi connectivity index (χ1) is 12.1. The molecule has 2 aromatic carbocycles. The molecule has 1 aliphatic heterocycles. The minimum atomic E-state index is -0.231. The van der Waals surface area contributed by atoms with E-state index < -0.39 is 0 Å². The van der Waals surface area contributed by atoms with Crippen LogP contribution in [0.3, 0.4) is 0 Å². The number of hydrogen-bond acceptors (Lipinski definition) is 3. The lowest BCUT2D eigenvalue weighted by Crippen LogP contribution is -2.27. The summed E-state index contributed by atoms with van der Waals surface area (Å²) >= 11 is 1.04. The fourth-order valence-corrected chi connectivity index (χ4v) is 3.80. The molecule has 0 radical (unpaired) electrons. The van der Waals surface area contributed by atoms with Gasteiger partial charge in [-0.2, -0.15) is 0 Å². The normalized spacial score (nSPS) is 14.7. The Kier molecular flexibility index (Phi) is 4.05. The van der Waals surface area contributed by atoms with Crippen LogP contribution in [0.5, 0.6) is 0 Å². The second-order valence-electron chi connectivity index (χ2n) is 5.92. The van der Waals surface area contributed by atoms with Crippen molar-refractivity contribution in [2.24, 2.45) is 0 Å². The summed E-state index contributed by atoms with van der Waals surface area (Å²) in [5, 5.41) is 0.768. The van der Waals surface area contributed by atoms with Gasteiger partial charge in [-0.1, -0.05) is 42.1 Å². The monoisotopic (exact) mass is 354 g/mol. The SMILES string of the molecule is O=C1CSC(=O)N1Cc1cccc2c1ccn2Cc1ccccc1F. The Morgan fingerprint density at radius 3 is 2.52 bits per heavy atom. The maximum Gasteiger partial charge on any atom is 0.289 e. The lowest BCUT2D eigenvalue weighted by Gasteiger charge is -2.14. The van der Waals surface area contributed by atoms with E-state index in [0.29, 0.717) is 12.1 Å². The molecule has 4 nitrogen and oxygen atoms in total. The summed E-state index contributed by atoms with van der Waals surface area (Å²) < 4.78 is 15.9. The number of hydrogen-bond donors (Lipinski definition) is 0. The maximum absolute atomic E-state index is 13.9. The summed E-state index contributed by atoms with van der Waals surface area (Å²) in [5.41, 5.74) is 2.48. The smallest absolute Gasteiger partial charge is 0.289 e. The van der Waals surface area contributed by atoms with Crippen LogP contribution >= 0.6 is 11.8 Å². The number of fused-ring (bicyclic) bond motifs is 1. The number of halogens is 1. The predicted molar refractivity (Wildman–Crippen MR) is 95.8 cm³/mol. The second-order valence-corrected chi connectivity index (χ2v) is 6.85. The number of thioether (sulfide) groups is 1. The number of benzene rings is 2. The topological polar surface area (TPSA) is 42.3 Å². The summed E-state index contributed by atoms with van der Waals surface area (Å²) in [6.45, 7) is 0.697. The Balaban J connectivity index is 1.67. The minimum Gasteiger partial charge on any atom is -0.343 e. The lowest BCUT2D eigenvalue weighted by atomic mass is 10.1. The van der Waals surface area contributed by atoms with Crippen LogP contribution in [-0.2, 0) is 17.9 Å². The van der Waals surface area contributed by atoms with Gasteiger partial charge in [-0.3, -0.25) is 14.5 Å². The average molecular weight is 354 g/mol. The average Bonchev–Trinajstić information content (AvgIpc) is 3.16. The van der Waals surface area contributed by atoms with Gasteiger partial charge in [0.2, 0.25) is 5.91 Å². The molecule has 0 bridgehead atoms. The molecular formula is C19H15FN2O2S. The summed E-state index contributed by atoms with van der Waals surface area (Å²) in [7, 11) is 0. The van der Waals surface area contributed by atoms with Gasteiger partial charge in [-0.15, -0.1) is 0 Å². The molecule has 0 N–H and O–H groups in total. The number of imide groups is 1. The number of rotatable bonds is 4. The molecule has 2 amide bonds. The van der Waals surface area contributed by atoms with Crippen molar-refractivity contribution < 1.29 is 14.0 Å². The van der Waals surface area contributed by atoms with Crippen molar-refractivity contribution in [2.45, 2.75) is 13.1 Å². The van der Waals surface area contributed by atoms with E-state index in [1.807, 2.05) is 41.1 Å². The predicted octanol–water partition coefficient (Wildman–Crippen LogP) is 4.02. The number of carbonyl (C=O) groups is 2. The van der Waals surface area contributed by atoms with Gasteiger partial charge in [0.15, 0.2) is 0 Å². The molecule has 1 fully saturated rings. The fraction of sp³-hybridized carbons (Fsp3) is 0.158. The van der Waals surface area contributed by atoms with E-state index in [0.717, 1.165) is 28.2 Å². The van der Waals surface area contributed by atoms with Crippen molar-refractivity contribution >= 4 is 33.8 Å². The Bertz CT molecular complexity index is 966. The minimum absolute atomic E-state index is 0.155. The van der Waals surface area contributed by atoms with Crippen LogP contribution in [0.1, 0.15) is 11.1 Å². The molecule has 1 aliphatic rings. The summed E-state index contributed by atoms with van der Waals surface area (Å²) in [4.78, 5) is 25.0. The molecule has 2 heterocycles. The van der Waals surface area contributed by atoms with Gasteiger partial charge in [-0.25, -0.2) is 4.39 Å². The van der Waals surface area contributed by atoms with E-state index in [2.05, 4.69) is 0 Å². The van der Waals surface area contributed by atoms with Crippen molar-refractivity contribution in [1.29, 1.82) is 0 Å². The van der Waals surface area contributed by atoms with Crippen LogP contribution in [-0.4, -0.2) is 26.4 Å². The van der Waals surface area contributed by atoms with Gasteiger partial charge in [0.25, 0.3) is 5.24 Å². The summed E-state index contributed by atoms with van der Waals surface area (Å²) in [6.07, 6.45) is 1.91. The zero-order valence-corrected chi connectivity index (χ0v) is 14.1. The first-order valence-corrected chi connectivity index (χ1v) is 8.89. The van der Waals surface area contributed by atoms with E-state index in [-0.39, 0.29) is 29.3 Å². The quantitative estimate of drug-likeness (QED) is 0.711. The van der Waals surface area contributed by atoms with Gasteiger partial charge in [0.05, 0.1) is 18.8 Å². The van der Waals surface area contributed by atoms with Gasteiger partial charge in [0, 0.05) is 22.7 Å². The molecule has 6 heteroatoms. The van der Waals surface area contributed by atoms with Crippen molar-refractivity contribution in [3.8, 4) is 0 Å². The Morgan fingerprint density at radius 2 is 1.76 bits per heavy atom. The number of amides is 2. The van der Waals surface area contributed by atoms with Crippen LogP contribution in [0.2, 0.25) is 0 Å². The largest absolute Gasteiger partial charge is 0.343 e. The van der Waals surface area contributed by atoms with E-state index in [4.69, 9.17) is 0 Å². The van der Waals surface area contributed by atoms with E-state index in [9.17, 15) is 14.0 Å². The van der Waals surface area contributed by atoms with Crippen LogP contribution in [0, 0.1) is 5.82 Å². The van der Waals surface area contributed by atoms with Gasteiger partial charge in [0.1, 0.15) is 5.82 Å². The molecule has 25 heavy (non-hydrogen) atoms. The van der Waals surface area contributed by atoms with Crippen molar-refractivity contribution in [2.75, 3.05) is 5.75 Å². The zero-order valence-electron chi connectivity index (χ0n) is 13.3. The third kappa shape index (κ3) is 2.93. The van der Waals surface area contributed by atoms with Crippen molar-refractivity contribution in [3.63, 3.8) is 0 Å². The number of carbonyl (C=O) groups excluding carboxylic acids is 2. The molecule has 0 spiro atoms. The molecule has 4 rings (SSSR count). The molecule has 3 aromatic rings. The van der Waals surface area contributed by atoms with Gasteiger partial charge >= 0.3 is 0 Å². The Labute approximate surface area is 148 Å². The zero-order chi connectivity index (χ0) is 17.4. The van der Waals surface area contributed by atoms with Gasteiger partial charge in [-0.05, 0) is 23.8 Å². The maximum atomic E-state index is 13.9. The Morgan fingerprint density at radius 1 is 0.960 bits per heavy atom. The number of aromatic nitrogens is 1. The highest BCUT2D eigenvalue weighted by molar-refractivity contribution is 8.14. The Hall–Kier alpha value is -2.60. The van der Waals surface area contributed by atoms with Crippen LogP contribution in [0.25, 0.3) is 10.9 Å². The molecule has 0 saturated carbocycles. The lowest BCUT2D eigenvalue weighted by molar-refractivity contribution is -0.124. The molecule has 1 aromatic heterocycles. The van der Waals surface area contributed by atoms with Crippen molar-refractivity contribution in [3.05, 3.63) is 71.7 Å².